The SMILES string of the molecule is COc1ccc(C(=O)N/C(=C\c2cccs2)C(=O)N[C@@H](C)COc2ccccc2)cc1OC. The first-order valence-corrected chi connectivity index (χ1v) is 11.2. The monoisotopic (exact) mass is 466 g/mol. The van der Waals surface area contributed by atoms with Gasteiger partial charge in [-0.2, -0.15) is 0 Å². The molecule has 0 spiro atoms. The lowest BCUT2D eigenvalue weighted by molar-refractivity contribution is -0.118. The van der Waals surface area contributed by atoms with E-state index >= 15 is 0 Å². The first-order valence-electron chi connectivity index (χ1n) is 10.3. The number of benzene rings is 2. The summed E-state index contributed by atoms with van der Waals surface area (Å²) >= 11 is 1.46. The summed E-state index contributed by atoms with van der Waals surface area (Å²) in [6, 6.07) is 17.6. The van der Waals surface area contributed by atoms with Gasteiger partial charge in [-0.15, -0.1) is 11.3 Å². The number of methoxy groups -OCH3 is 2. The molecule has 0 aliphatic heterocycles. The van der Waals surface area contributed by atoms with Crippen LogP contribution in [-0.4, -0.2) is 38.7 Å². The molecule has 2 amide bonds. The van der Waals surface area contributed by atoms with Gasteiger partial charge < -0.3 is 24.8 Å². The summed E-state index contributed by atoms with van der Waals surface area (Å²) in [5.74, 6) is 0.789. The Bertz CT molecular complexity index is 1100. The van der Waals surface area contributed by atoms with Gasteiger partial charge in [0, 0.05) is 10.4 Å². The number of amides is 2. The lowest BCUT2D eigenvalue weighted by Crippen LogP contribution is -2.41. The van der Waals surface area contributed by atoms with Crippen molar-refractivity contribution in [1.82, 2.24) is 10.6 Å². The largest absolute Gasteiger partial charge is 0.493 e. The van der Waals surface area contributed by atoms with E-state index in [1.807, 2.05) is 54.8 Å². The minimum Gasteiger partial charge on any atom is -0.493 e. The molecule has 1 aromatic heterocycles. The van der Waals surface area contributed by atoms with Crippen molar-refractivity contribution in [3.63, 3.8) is 0 Å². The Morgan fingerprint density at radius 2 is 1.76 bits per heavy atom. The van der Waals surface area contributed by atoms with Crippen LogP contribution >= 0.6 is 11.3 Å². The molecule has 0 saturated heterocycles. The molecule has 1 atom stereocenters. The average Bonchev–Trinajstić information content (AvgIpc) is 3.35. The Morgan fingerprint density at radius 3 is 2.42 bits per heavy atom. The molecule has 172 valence electrons. The molecule has 33 heavy (non-hydrogen) atoms. The summed E-state index contributed by atoms with van der Waals surface area (Å²) in [5.41, 5.74) is 0.460. The summed E-state index contributed by atoms with van der Waals surface area (Å²) in [6.45, 7) is 2.12. The molecule has 0 saturated carbocycles. The molecule has 7 nitrogen and oxygen atoms in total. The minimum atomic E-state index is -0.443. The Kier molecular flexibility index (Phi) is 8.49. The third kappa shape index (κ3) is 6.85. The van der Waals surface area contributed by atoms with Gasteiger partial charge in [-0.25, -0.2) is 0 Å². The summed E-state index contributed by atoms with van der Waals surface area (Å²) in [5, 5.41) is 7.49. The minimum absolute atomic E-state index is 0.129. The van der Waals surface area contributed by atoms with E-state index in [0.29, 0.717) is 17.1 Å². The topological polar surface area (TPSA) is 85.9 Å². The molecule has 3 aromatic rings. The Morgan fingerprint density at radius 1 is 1.00 bits per heavy atom. The standard InChI is InChI=1S/C25H26N2O5S/c1-17(16-32-19-8-5-4-6-9-19)26-25(29)21(15-20-10-7-13-33-20)27-24(28)18-11-12-22(30-2)23(14-18)31-3/h4-15,17H,16H2,1-3H3,(H,26,29)(H,27,28)/b21-15-/t17-/m0/s1. The highest BCUT2D eigenvalue weighted by molar-refractivity contribution is 7.10. The van der Waals surface area contributed by atoms with E-state index in [0.717, 1.165) is 10.6 Å². The number of para-hydroxylation sites is 1. The number of hydrogen-bond acceptors (Lipinski definition) is 6. The van der Waals surface area contributed by atoms with Crippen LogP contribution in [0.4, 0.5) is 0 Å². The van der Waals surface area contributed by atoms with Crippen LogP contribution in [0.3, 0.4) is 0 Å². The zero-order valence-electron chi connectivity index (χ0n) is 18.7. The number of ether oxygens (including phenoxy) is 3. The molecule has 3 rings (SSSR count). The number of carbonyl (C=O) groups excluding carboxylic acids is 2. The summed E-state index contributed by atoms with van der Waals surface area (Å²) < 4.78 is 16.2. The molecule has 0 unspecified atom stereocenters. The van der Waals surface area contributed by atoms with E-state index in [-0.39, 0.29) is 18.3 Å². The maximum atomic E-state index is 13.0. The van der Waals surface area contributed by atoms with E-state index in [4.69, 9.17) is 14.2 Å². The maximum absolute atomic E-state index is 13.0. The second-order valence-corrected chi connectivity index (χ2v) is 8.08. The van der Waals surface area contributed by atoms with Crippen LogP contribution in [0.25, 0.3) is 6.08 Å². The third-order valence-corrected chi connectivity index (χ3v) is 5.41. The van der Waals surface area contributed by atoms with E-state index in [2.05, 4.69) is 10.6 Å². The van der Waals surface area contributed by atoms with Crippen molar-refractivity contribution in [2.75, 3.05) is 20.8 Å². The fourth-order valence-corrected chi connectivity index (χ4v) is 3.58. The van der Waals surface area contributed by atoms with Gasteiger partial charge in [0.15, 0.2) is 11.5 Å². The van der Waals surface area contributed by atoms with Crippen molar-refractivity contribution in [1.29, 1.82) is 0 Å². The zero-order chi connectivity index (χ0) is 23.6. The first kappa shape index (κ1) is 23.9. The third-order valence-electron chi connectivity index (χ3n) is 4.59. The highest BCUT2D eigenvalue weighted by Gasteiger charge is 2.18. The van der Waals surface area contributed by atoms with Crippen molar-refractivity contribution in [3.8, 4) is 17.2 Å². The average molecular weight is 467 g/mol. The normalized spacial score (nSPS) is 11.9. The summed E-state index contributed by atoms with van der Waals surface area (Å²) in [4.78, 5) is 26.7. The fourth-order valence-electron chi connectivity index (χ4n) is 2.93. The van der Waals surface area contributed by atoms with Crippen LogP contribution in [0.2, 0.25) is 0 Å². The first-order chi connectivity index (χ1) is 16.0. The van der Waals surface area contributed by atoms with Crippen LogP contribution in [0.15, 0.2) is 71.7 Å². The molecule has 2 N–H and O–H groups in total. The van der Waals surface area contributed by atoms with Crippen molar-refractivity contribution < 1.29 is 23.8 Å². The highest BCUT2D eigenvalue weighted by atomic mass is 32.1. The van der Waals surface area contributed by atoms with Crippen LogP contribution in [0.1, 0.15) is 22.2 Å². The van der Waals surface area contributed by atoms with Gasteiger partial charge in [0.2, 0.25) is 0 Å². The zero-order valence-corrected chi connectivity index (χ0v) is 19.5. The summed E-state index contributed by atoms with van der Waals surface area (Å²) in [7, 11) is 3.01. The molecular weight excluding hydrogens is 440 g/mol. The Labute approximate surface area is 197 Å². The van der Waals surface area contributed by atoms with Crippen LogP contribution in [0, 0.1) is 0 Å². The predicted octanol–water partition coefficient (Wildman–Crippen LogP) is 4.12. The van der Waals surface area contributed by atoms with E-state index in [1.54, 1.807) is 24.3 Å². The van der Waals surface area contributed by atoms with Crippen molar-refractivity contribution in [2.24, 2.45) is 0 Å². The van der Waals surface area contributed by atoms with E-state index in [9.17, 15) is 9.59 Å². The van der Waals surface area contributed by atoms with Crippen molar-refractivity contribution in [3.05, 3.63) is 82.2 Å². The molecule has 0 radical (unpaired) electrons. The van der Waals surface area contributed by atoms with E-state index < -0.39 is 11.8 Å². The lowest BCUT2D eigenvalue weighted by Gasteiger charge is -2.17. The molecule has 0 aliphatic carbocycles. The van der Waals surface area contributed by atoms with Gasteiger partial charge in [-0.05, 0) is 54.8 Å². The van der Waals surface area contributed by atoms with Crippen molar-refractivity contribution in [2.45, 2.75) is 13.0 Å². The molecule has 0 aliphatic rings. The van der Waals surface area contributed by atoms with Gasteiger partial charge in [0.1, 0.15) is 18.1 Å². The van der Waals surface area contributed by atoms with Crippen molar-refractivity contribution >= 4 is 29.2 Å². The molecule has 0 bridgehead atoms. The van der Waals surface area contributed by atoms with Gasteiger partial charge >= 0.3 is 0 Å². The van der Waals surface area contributed by atoms with Gasteiger partial charge in [-0.1, -0.05) is 24.3 Å². The molecular formula is C25H26N2O5S. The van der Waals surface area contributed by atoms with Crippen LogP contribution in [-0.2, 0) is 4.79 Å². The van der Waals surface area contributed by atoms with Gasteiger partial charge in [-0.3, -0.25) is 9.59 Å². The van der Waals surface area contributed by atoms with Crippen LogP contribution < -0.4 is 24.8 Å². The highest BCUT2D eigenvalue weighted by Crippen LogP contribution is 2.27. The molecule has 0 fully saturated rings. The quantitative estimate of drug-likeness (QED) is 0.439. The van der Waals surface area contributed by atoms with E-state index in [1.165, 1.54) is 25.6 Å². The number of thiophene rings is 1. The predicted molar refractivity (Wildman–Crippen MR) is 129 cm³/mol. The molecule has 8 heteroatoms. The molecule has 2 aromatic carbocycles. The van der Waals surface area contributed by atoms with Crippen LogP contribution in [0.5, 0.6) is 17.2 Å². The summed E-state index contributed by atoms with van der Waals surface area (Å²) in [6.07, 6.45) is 1.64. The van der Waals surface area contributed by atoms with Gasteiger partial charge in [0.05, 0.1) is 20.3 Å². The lowest BCUT2D eigenvalue weighted by atomic mass is 10.1. The van der Waals surface area contributed by atoms with Gasteiger partial charge in [0.25, 0.3) is 11.8 Å². The number of rotatable bonds is 10. The number of hydrogen-bond donors (Lipinski definition) is 2. The second kappa shape index (κ2) is 11.7. The Hall–Kier alpha value is -3.78. The fraction of sp³-hybridized carbons (Fsp3) is 0.200. The smallest absolute Gasteiger partial charge is 0.268 e. The number of carbonyl (C=O) groups is 2. The number of nitrogens with one attached hydrogen (secondary N) is 2. The molecule has 1 heterocycles. The second-order valence-electron chi connectivity index (χ2n) is 7.10. The maximum Gasteiger partial charge on any atom is 0.268 e. The Balaban J connectivity index is 1.72.